The SMILES string of the molecule is CCCCC(=O)OC1CCC2C3CCc4cc(OC)ccc4C3CCC12C. The number of aryl methyl sites for hydroxylation is 1. The molecule has 0 N–H and O–H groups in total. The van der Waals surface area contributed by atoms with Crippen LogP contribution in [0.15, 0.2) is 18.2 Å². The summed E-state index contributed by atoms with van der Waals surface area (Å²) >= 11 is 0. The van der Waals surface area contributed by atoms with E-state index in [2.05, 4.69) is 32.0 Å². The van der Waals surface area contributed by atoms with Crippen molar-refractivity contribution in [2.45, 2.75) is 83.7 Å². The first-order chi connectivity index (χ1) is 13.1. The molecule has 4 rings (SSSR count). The number of carbonyl (C=O) groups is 1. The average molecular weight is 371 g/mol. The number of esters is 1. The molecular formula is C24H34O3. The van der Waals surface area contributed by atoms with Gasteiger partial charge in [-0.05, 0) is 86.0 Å². The second-order valence-electron chi connectivity index (χ2n) is 9.18. The lowest BCUT2D eigenvalue weighted by molar-refractivity contribution is -0.157. The van der Waals surface area contributed by atoms with E-state index in [4.69, 9.17) is 9.47 Å². The number of rotatable bonds is 5. The Morgan fingerprint density at radius 2 is 2.07 bits per heavy atom. The molecule has 0 saturated heterocycles. The van der Waals surface area contributed by atoms with Crippen LogP contribution in [0.5, 0.6) is 5.75 Å². The Morgan fingerprint density at radius 3 is 2.85 bits per heavy atom. The van der Waals surface area contributed by atoms with Crippen molar-refractivity contribution in [2.24, 2.45) is 17.3 Å². The number of hydrogen-bond acceptors (Lipinski definition) is 3. The van der Waals surface area contributed by atoms with Crippen molar-refractivity contribution < 1.29 is 14.3 Å². The minimum Gasteiger partial charge on any atom is -0.497 e. The maximum absolute atomic E-state index is 12.2. The predicted octanol–water partition coefficient (Wildman–Crippen LogP) is 5.65. The Labute approximate surface area is 163 Å². The predicted molar refractivity (Wildman–Crippen MR) is 107 cm³/mol. The zero-order valence-electron chi connectivity index (χ0n) is 17.1. The second kappa shape index (κ2) is 7.48. The van der Waals surface area contributed by atoms with E-state index in [0.29, 0.717) is 18.3 Å². The Hall–Kier alpha value is -1.51. The van der Waals surface area contributed by atoms with Crippen LogP contribution in [-0.4, -0.2) is 19.2 Å². The Balaban J connectivity index is 1.51. The molecule has 5 atom stereocenters. The molecule has 0 aromatic heterocycles. The highest BCUT2D eigenvalue weighted by Gasteiger charge is 2.56. The molecule has 0 heterocycles. The maximum atomic E-state index is 12.2. The maximum Gasteiger partial charge on any atom is 0.306 e. The van der Waals surface area contributed by atoms with E-state index in [1.807, 2.05) is 0 Å². The summed E-state index contributed by atoms with van der Waals surface area (Å²) < 4.78 is 11.4. The summed E-state index contributed by atoms with van der Waals surface area (Å²) in [5.74, 6) is 3.10. The van der Waals surface area contributed by atoms with Crippen molar-refractivity contribution >= 4 is 5.97 Å². The molecule has 0 spiro atoms. The highest BCUT2D eigenvalue weighted by atomic mass is 16.5. The fraction of sp³-hybridized carbons (Fsp3) is 0.708. The number of benzene rings is 1. The molecule has 3 aliphatic rings. The highest BCUT2D eigenvalue weighted by molar-refractivity contribution is 5.69. The summed E-state index contributed by atoms with van der Waals surface area (Å²) in [6.07, 6.45) is 9.79. The largest absolute Gasteiger partial charge is 0.497 e. The molecule has 0 amide bonds. The number of methoxy groups -OCH3 is 1. The van der Waals surface area contributed by atoms with Crippen LogP contribution in [0, 0.1) is 17.3 Å². The molecular weight excluding hydrogens is 336 g/mol. The third kappa shape index (κ3) is 3.28. The lowest BCUT2D eigenvalue weighted by Crippen LogP contribution is -2.45. The summed E-state index contributed by atoms with van der Waals surface area (Å²) in [7, 11) is 1.75. The van der Waals surface area contributed by atoms with E-state index in [1.54, 1.807) is 12.7 Å². The molecule has 3 aliphatic carbocycles. The van der Waals surface area contributed by atoms with Gasteiger partial charge in [-0.15, -0.1) is 0 Å². The van der Waals surface area contributed by atoms with Crippen molar-refractivity contribution in [2.75, 3.05) is 7.11 Å². The molecule has 148 valence electrons. The zero-order valence-corrected chi connectivity index (χ0v) is 17.1. The van der Waals surface area contributed by atoms with Crippen LogP contribution in [0.1, 0.15) is 82.3 Å². The lowest BCUT2D eigenvalue weighted by Gasteiger charge is -2.50. The van der Waals surface area contributed by atoms with Crippen LogP contribution in [-0.2, 0) is 16.0 Å². The van der Waals surface area contributed by atoms with Gasteiger partial charge in [0.05, 0.1) is 7.11 Å². The first-order valence-electron chi connectivity index (χ1n) is 10.9. The molecule has 0 radical (unpaired) electrons. The Kier molecular flexibility index (Phi) is 5.22. The van der Waals surface area contributed by atoms with Crippen molar-refractivity contribution in [3.8, 4) is 5.75 Å². The average Bonchev–Trinajstić information content (AvgIpc) is 3.02. The molecule has 1 aromatic rings. The van der Waals surface area contributed by atoms with Gasteiger partial charge in [-0.25, -0.2) is 0 Å². The first kappa shape index (κ1) is 18.8. The molecule has 2 saturated carbocycles. The number of fused-ring (bicyclic) bond motifs is 5. The van der Waals surface area contributed by atoms with Gasteiger partial charge in [-0.1, -0.05) is 26.3 Å². The van der Waals surface area contributed by atoms with Crippen molar-refractivity contribution in [3.05, 3.63) is 29.3 Å². The van der Waals surface area contributed by atoms with Gasteiger partial charge in [-0.3, -0.25) is 4.79 Å². The van der Waals surface area contributed by atoms with Crippen LogP contribution in [0.4, 0.5) is 0 Å². The fourth-order valence-electron chi connectivity index (χ4n) is 6.37. The van der Waals surface area contributed by atoms with E-state index in [-0.39, 0.29) is 17.5 Å². The van der Waals surface area contributed by atoms with Crippen LogP contribution in [0.2, 0.25) is 0 Å². The van der Waals surface area contributed by atoms with Gasteiger partial charge in [0.25, 0.3) is 0 Å². The minimum atomic E-state index is 0.0203. The smallest absolute Gasteiger partial charge is 0.306 e. The normalized spacial score (nSPS) is 34.3. The quantitative estimate of drug-likeness (QED) is 0.628. The summed E-state index contributed by atoms with van der Waals surface area (Å²) in [5, 5.41) is 0. The van der Waals surface area contributed by atoms with Gasteiger partial charge in [0.15, 0.2) is 0 Å². The standard InChI is InChI=1S/C24H34O3/c1-4-5-6-23(25)27-22-12-11-21-20-9-7-16-15-17(26-3)8-10-18(16)19(20)13-14-24(21,22)2/h8,10,15,19-22H,4-7,9,11-14H2,1-3H3. The van der Waals surface area contributed by atoms with E-state index < -0.39 is 0 Å². The van der Waals surface area contributed by atoms with Crippen molar-refractivity contribution in [1.29, 1.82) is 0 Å². The molecule has 0 bridgehead atoms. The molecule has 3 nitrogen and oxygen atoms in total. The Morgan fingerprint density at radius 1 is 1.22 bits per heavy atom. The number of carbonyl (C=O) groups excluding carboxylic acids is 1. The topological polar surface area (TPSA) is 35.5 Å². The summed E-state index contributed by atoms with van der Waals surface area (Å²) in [6.45, 7) is 4.53. The summed E-state index contributed by atoms with van der Waals surface area (Å²) in [4.78, 5) is 12.2. The van der Waals surface area contributed by atoms with E-state index in [1.165, 1.54) is 31.2 Å². The molecule has 3 heteroatoms. The zero-order chi connectivity index (χ0) is 19.0. The first-order valence-corrected chi connectivity index (χ1v) is 10.9. The van der Waals surface area contributed by atoms with Gasteiger partial charge in [0.1, 0.15) is 11.9 Å². The van der Waals surface area contributed by atoms with Crippen molar-refractivity contribution in [1.82, 2.24) is 0 Å². The highest BCUT2D eigenvalue weighted by Crippen LogP contribution is 2.61. The van der Waals surface area contributed by atoms with Gasteiger partial charge in [0.2, 0.25) is 0 Å². The minimum absolute atomic E-state index is 0.0203. The van der Waals surface area contributed by atoms with E-state index in [0.717, 1.165) is 37.4 Å². The lowest BCUT2D eigenvalue weighted by atomic mass is 9.55. The van der Waals surface area contributed by atoms with Crippen LogP contribution < -0.4 is 4.74 Å². The number of hydrogen-bond donors (Lipinski definition) is 0. The van der Waals surface area contributed by atoms with Gasteiger partial charge in [0, 0.05) is 11.8 Å². The molecule has 1 aromatic carbocycles. The molecule has 5 unspecified atom stereocenters. The van der Waals surface area contributed by atoms with E-state index >= 15 is 0 Å². The van der Waals surface area contributed by atoms with Gasteiger partial charge < -0.3 is 9.47 Å². The second-order valence-corrected chi connectivity index (χ2v) is 9.18. The van der Waals surface area contributed by atoms with Gasteiger partial charge in [-0.2, -0.15) is 0 Å². The summed E-state index contributed by atoms with van der Waals surface area (Å²) in [5.41, 5.74) is 3.21. The van der Waals surface area contributed by atoms with Gasteiger partial charge >= 0.3 is 5.97 Å². The van der Waals surface area contributed by atoms with Crippen LogP contribution in [0.3, 0.4) is 0 Å². The fourth-order valence-corrected chi connectivity index (χ4v) is 6.37. The van der Waals surface area contributed by atoms with Crippen LogP contribution in [0.25, 0.3) is 0 Å². The monoisotopic (exact) mass is 370 g/mol. The molecule has 2 fully saturated rings. The van der Waals surface area contributed by atoms with E-state index in [9.17, 15) is 4.79 Å². The van der Waals surface area contributed by atoms with Crippen LogP contribution >= 0.6 is 0 Å². The third-order valence-electron chi connectivity index (χ3n) is 7.85. The third-order valence-corrected chi connectivity index (χ3v) is 7.85. The Bertz CT molecular complexity index is 697. The number of unbranched alkanes of at least 4 members (excludes halogenated alkanes) is 1. The van der Waals surface area contributed by atoms with Crippen molar-refractivity contribution in [3.63, 3.8) is 0 Å². The molecule has 27 heavy (non-hydrogen) atoms. The molecule has 0 aliphatic heterocycles. The summed E-state index contributed by atoms with van der Waals surface area (Å²) in [6, 6.07) is 6.68. The number of ether oxygens (including phenoxy) is 2.